The van der Waals surface area contributed by atoms with Gasteiger partial charge >= 0.3 is 18.3 Å². The number of aromatic carboxylic acids is 1. The number of carboxylic acids is 1. The number of ether oxygens (including phenoxy) is 1. The van der Waals surface area contributed by atoms with Crippen LogP contribution in [0.5, 0.6) is 0 Å². The monoisotopic (exact) mass is 703 g/mol. The van der Waals surface area contributed by atoms with E-state index in [-0.39, 0.29) is 17.1 Å². The molecular formula is C33H31F6N7O4. The molecule has 0 bridgehead atoms. The summed E-state index contributed by atoms with van der Waals surface area (Å²) in [5.41, 5.74) is 1.32. The number of nitrogens with zero attached hydrogens (tertiary/aromatic N) is 6. The van der Waals surface area contributed by atoms with Crippen LogP contribution in [0.25, 0.3) is 22.5 Å². The van der Waals surface area contributed by atoms with Crippen LogP contribution in [0.15, 0.2) is 91.1 Å². The molecule has 2 aromatic carbocycles. The third-order valence-electron chi connectivity index (χ3n) is 6.84. The molecule has 11 nitrogen and oxygen atoms in total. The summed E-state index contributed by atoms with van der Waals surface area (Å²) < 4.78 is 82.2. The Morgan fingerprint density at radius 2 is 1.30 bits per heavy atom. The summed E-state index contributed by atoms with van der Waals surface area (Å²) in [7, 11) is 3.45. The number of carbonyl (C=O) groups is 2. The summed E-state index contributed by atoms with van der Waals surface area (Å²) in [6.07, 6.45) is -7.60. The highest BCUT2D eigenvalue weighted by atomic mass is 19.4. The highest BCUT2D eigenvalue weighted by Crippen LogP contribution is 2.25. The number of benzene rings is 2. The number of amides is 1. The minimum Gasteiger partial charge on any atom is -0.477 e. The fraction of sp³-hybridized carbons (Fsp3) is 0.242. The standard InChI is InChI=1S/C21H22F3N5O2.C12H9F3N2O2/c1-28(10-11-31-2)19-9-8-16(13-25-19)26-20(30)18-12-17(15-6-4-3-5-7-15)27-29(18)14-21(22,23)24;13-12(14,15)7-17-10(11(18)19)6-9(16-17)8-4-2-1-3-5-8/h3-9,12-13H,10-11,14H2,1-2H3,(H,26,30);1-6H,7H2,(H,18,19). The Labute approximate surface area is 281 Å². The van der Waals surface area contributed by atoms with Crippen LogP contribution in [0, 0.1) is 0 Å². The Hall–Kier alpha value is -5.71. The van der Waals surface area contributed by atoms with Crippen LogP contribution in [0.1, 0.15) is 21.0 Å². The van der Waals surface area contributed by atoms with Gasteiger partial charge in [0.15, 0.2) is 0 Å². The fourth-order valence-corrected chi connectivity index (χ4v) is 4.49. The van der Waals surface area contributed by atoms with Crippen LogP contribution in [0.4, 0.5) is 37.8 Å². The molecule has 0 saturated heterocycles. The van der Waals surface area contributed by atoms with Crippen molar-refractivity contribution in [3.05, 3.63) is 103 Å². The fourth-order valence-electron chi connectivity index (χ4n) is 4.49. The lowest BCUT2D eigenvalue weighted by Gasteiger charge is -2.17. The van der Waals surface area contributed by atoms with E-state index in [2.05, 4.69) is 20.5 Å². The molecule has 0 aliphatic carbocycles. The number of anilines is 2. The van der Waals surface area contributed by atoms with Gasteiger partial charge in [0.1, 0.15) is 30.3 Å². The van der Waals surface area contributed by atoms with Crippen molar-refractivity contribution in [2.45, 2.75) is 25.4 Å². The number of halogens is 6. The number of methoxy groups -OCH3 is 1. The third kappa shape index (κ3) is 10.6. The predicted molar refractivity (Wildman–Crippen MR) is 172 cm³/mol. The Balaban J connectivity index is 0.000000252. The molecule has 1 amide bonds. The zero-order valence-corrected chi connectivity index (χ0v) is 26.6. The minimum atomic E-state index is -4.52. The maximum Gasteiger partial charge on any atom is 0.408 e. The summed E-state index contributed by atoms with van der Waals surface area (Å²) >= 11 is 0. The van der Waals surface area contributed by atoms with Crippen molar-refractivity contribution in [3.63, 3.8) is 0 Å². The van der Waals surface area contributed by atoms with Crippen LogP contribution in [0.3, 0.4) is 0 Å². The van der Waals surface area contributed by atoms with E-state index in [1.54, 1.807) is 79.9 Å². The molecule has 0 aliphatic rings. The first kappa shape index (κ1) is 37.1. The number of alkyl halides is 6. The number of nitrogens with one attached hydrogen (secondary N) is 1. The number of carboxylic acid groups (broad SMARTS) is 1. The Morgan fingerprint density at radius 3 is 1.74 bits per heavy atom. The summed E-state index contributed by atoms with van der Waals surface area (Å²) in [5.74, 6) is -1.48. The van der Waals surface area contributed by atoms with Crippen LogP contribution in [-0.4, -0.2) is 81.2 Å². The van der Waals surface area contributed by atoms with E-state index >= 15 is 0 Å². The van der Waals surface area contributed by atoms with E-state index in [0.717, 1.165) is 6.07 Å². The topological polar surface area (TPSA) is 127 Å². The molecular weight excluding hydrogens is 672 g/mol. The molecule has 2 N–H and O–H groups in total. The lowest BCUT2D eigenvalue weighted by Crippen LogP contribution is -2.25. The van der Waals surface area contributed by atoms with Crippen LogP contribution >= 0.6 is 0 Å². The first-order valence-corrected chi connectivity index (χ1v) is 14.7. The molecule has 0 atom stereocenters. The molecule has 0 spiro atoms. The number of rotatable bonds is 11. The molecule has 0 saturated carbocycles. The Morgan fingerprint density at radius 1 is 0.800 bits per heavy atom. The lowest BCUT2D eigenvalue weighted by atomic mass is 10.1. The van der Waals surface area contributed by atoms with Gasteiger partial charge in [-0.25, -0.2) is 14.5 Å². The van der Waals surface area contributed by atoms with Gasteiger partial charge in [0.05, 0.1) is 29.9 Å². The van der Waals surface area contributed by atoms with Crippen molar-refractivity contribution < 1.29 is 45.8 Å². The van der Waals surface area contributed by atoms with Crippen LogP contribution in [-0.2, 0) is 17.8 Å². The van der Waals surface area contributed by atoms with Gasteiger partial charge in [0.25, 0.3) is 5.91 Å². The molecule has 0 fully saturated rings. The van der Waals surface area contributed by atoms with Crippen molar-refractivity contribution in [3.8, 4) is 22.5 Å². The zero-order chi connectivity index (χ0) is 36.5. The number of carbonyl (C=O) groups excluding carboxylic acids is 1. The zero-order valence-electron chi connectivity index (χ0n) is 26.6. The van der Waals surface area contributed by atoms with Gasteiger partial charge in [-0.1, -0.05) is 60.7 Å². The van der Waals surface area contributed by atoms with E-state index in [0.29, 0.717) is 45.1 Å². The van der Waals surface area contributed by atoms with Gasteiger partial charge in [-0.05, 0) is 24.3 Å². The van der Waals surface area contributed by atoms with E-state index in [9.17, 15) is 35.9 Å². The highest BCUT2D eigenvalue weighted by Gasteiger charge is 2.32. The van der Waals surface area contributed by atoms with Crippen LogP contribution in [0.2, 0.25) is 0 Å². The summed E-state index contributed by atoms with van der Waals surface area (Å²) in [6.45, 7) is -1.64. The van der Waals surface area contributed by atoms with E-state index in [1.807, 2.05) is 11.9 Å². The second-order valence-corrected chi connectivity index (χ2v) is 10.7. The predicted octanol–water partition coefficient (Wildman–Crippen LogP) is 6.65. The Bertz CT molecular complexity index is 1860. The maximum atomic E-state index is 13.0. The van der Waals surface area contributed by atoms with Crippen molar-refractivity contribution in [2.75, 3.05) is 37.5 Å². The quantitative estimate of drug-likeness (QED) is 0.147. The Kier molecular flexibility index (Phi) is 12.0. The molecule has 17 heteroatoms. The maximum absolute atomic E-state index is 13.0. The van der Waals surface area contributed by atoms with Crippen molar-refractivity contribution >= 4 is 23.4 Å². The molecule has 3 heterocycles. The van der Waals surface area contributed by atoms with Crippen molar-refractivity contribution in [1.29, 1.82) is 0 Å². The molecule has 5 rings (SSSR count). The normalized spacial score (nSPS) is 11.4. The summed E-state index contributed by atoms with van der Waals surface area (Å²) in [6, 6.07) is 22.9. The molecule has 0 radical (unpaired) electrons. The van der Waals surface area contributed by atoms with Gasteiger partial charge in [-0.2, -0.15) is 36.5 Å². The molecule has 3 aromatic heterocycles. The molecule has 264 valence electrons. The average molecular weight is 704 g/mol. The van der Waals surface area contributed by atoms with Gasteiger partial charge in [-0.15, -0.1) is 0 Å². The van der Waals surface area contributed by atoms with Crippen LogP contribution < -0.4 is 10.2 Å². The van der Waals surface area contributed by atoms with Gasteiger partial charge in [-0.3, -0.25) is 9.48 Å². The van der Waals surface area contributed by atoms with E-state index in [1.165, 1.54) is 12.3 Å². The number of hydrogen-bond donors (Lipinski definition) is 2. The molecule has 50 heavy (non-hydrogen) atoms. The summed E-state index contributed by atoms with van der Waals surface area (Å²) in [4.78, 5) is 29.8. The molecule has 5 aromatic rings. The highest BCUT2D eigenvalue weighted by molar-refractivity contribution is 6.03. The van der Waals surface area contributed by atoms with E-state index in [4.69, 9.17) is 9.84 Å². The second kappa shape index (κ2) is 16.1. The van der Waals surface area contributed by atoms with Crippen molar-refractivity contribution in [2.24, 2.45) is 0 Å². The number of hydrogen-bond acceptors (Lipinski definition) is 7. The lowest BCUT2D eigenvalue weighted by molar-refractivity contribution is -0.143. The SMILES string of the molecule is COCCN(C)c1ccc(NC(=O)c2cc(-c3ccccc3)nn2CC(F)(F)F)cn1.O=C(O)c1cc(-c2ccccc2)nn1CC(F)(F)F. The van der Waals surface area contributed by atoms with Gasteiger partial charge in [0, 0.05) is 31.8 Å². The average Bonchev–Trinajstić information content (AvgIpc) is 3.68. The second-order valence-electron chi connectivity index (χ2n) is 10.7. The van der Waals surface area contributed by atoms with E-state index < -0.39 is 43.0 Å². The molecule has 0 unspecified atom stereocenters. The van der Waals surface area contributed by atoms with Gasteiger partial charge < -0.3 is 20.1 Å². The first-order chi connectivity index (χ1) is 23.6. The largest absolute Gasteiger partial charge is 0.477 e. The third-order valence-corrected chi connectivity index (χ3v) is 6.84. The minimum absolute atomic E-state index is 0.197. The van der Waals surface area contributed by atoms with Crippen molar-refractivity contribution in [1.82, 2.24) is 24.5 Å². The number of pyridine rings is 1. The number of likely N-dealkylation sites (N-methyl/N-ethyl adjacent to an activating group) is 1. The smallest absolute Gasteiger partial charge is 0.408 e. The molecule has 0 aliphatic heterocycles. The summed E-state index contributed by atoms with van der Waals surface area (Å²) in [5, 5.41) is 19.2. The van der Waals surface area contributed by atoms with Gasteiger partial charge in [0.2, 0.25) is 0 Å². The number of aromatic nitrogens is 5. The first-order valence-electron chi connectivity index (χ1n) is 14.7.